The molecule has 0 radical (unpaired) electrons. The van der Waals surface area contributed by atoms with Crippen molar-refractivity contribution in [2.45, 2.75) is 65.7 Å². The number of rotatable bonds is 2. The highest BCUT2D eigenvalue weighted by molar-refractivity contribution is 5.29. The standard InChI is InChI=1S/C15H25N/c1-10(2)13-8-12(15(5,6)7)9-14(16-13)11(3)4/h8-11H,1-7H3. The third-order valence-corrected chi connectivity index (χ3v) is 2.91. The van der Waals surface area contributed by atoms with Crippen LogP contribution in [0.2, 0.25) is 0 Å². The fourth-order valence-electron chi connectivity index (χ4n) is 1.60. The van der Waals surface area contributed by atoms with Gasteiger partial charge < -0.3 is 0 Å². The molecule has 0 unspecified atom stereocenters. The summed E-state index contributed by atoms with van der Waals surface area (Å²) in [7, 11) is 0. The third-order valence-electron chi connectivity index (χ3n) is 2.91. The summed E-state index contributed by atoms with van der Waals surface area (Å²) in [6.45, 7) is 15.6. The Morgan fingerprint density at radius 3 is 1.50 bits per heavy atom. The minimum absolute atomic E-state index is 0.205. The van der Waals surface area contributed by atoms with Gasteiger partial charge in [-0.1, -0.05) is 48.5 Å². The lowest BCUT2D eigenvalue weighted by Crippen LogP contribution is -2.14. The normalized spacial score (nSPS) is 12.6. The van der Waals surface area contributed by atoms with E-state index in [1.165, 1.54) is 17.0 Å². The van der Waals surface area contributed by atoms with E-state index in [2.05, 4.69) is 60.6 Å². The molecule has 0 saturated heterocycles. The van der Waals surface area contributed by atoms with Crippen molar-refractivity contribution < 1.29 is 0 Å². The van der Waals surface area contributed by atoms with E-state index in [-0.39, 0.29) is 5.41 Å². The van der Waals surface area contributed by atoms with Gasteiger partial charge in [0.1, 0.15) is 0 Å². The number of nitrogens with zero attached hydrogens (tertiary/aromatic N) is 1. The Labute approximate surface area is 100 Å². The molecule has 0 aliphatic rings. The molecule has 0 amide bonds. The highest BCUT2D eigenvalue weighted by Crippen LogP contribution is 2.27. The fraction of sp³-hybridized carbons (Fsp3) is 0.667. The Morgan fingerprint density at radius 1 is 0.875 bits per heavy atom. The molecular formula is C15H25N. The number of hydrogen-bond acceptors (Lipinski definition) is 1. The van der Waals surface area contributed by atoms with Crippen LogP contribution in [0.25, 0.3) is 0 Å². The molecule has 1 heteroatoms. The molecule has 0 spiro atoms. The first-order valence-corrected chi connectivity index (χ1v) is 6.24. The van der Waals surface area contributed by atoms with Gasteiger partial charge in [0, 0.05) is 11.4 Å². The van der Waals surface area contributed by atoms with Crippen LogP contribution in [-0.2, 0) is 5.41 Å². The second-order valence-electron chi connectivity index (χ2n) is 6.26. The largest absolute Gasteiger partial charge is 0.257 e. The van der Waals surface area contributed by atoms with E-state index in [0.717, 1.165) is 0 Å². The zero-order chi connectivity index (χ0) is 12.5. The van der Waals surface area contributed by atoms with E-state index in [4.69, 9.17) is 4.98 Å². The second-order valence-corrected chi connectivity index (χ2v) is 6.26. The quantitative estimate of drug-likeness (QED) is 0.707. The molecule has 1 heterocycles. The lowest BCUT2D eigenvalue weighted by Gasteiger charge is -2.22. The van der Waals surface area contributed by atoms with E-state index >= 15 is 0 Å². The predicted molar refractivity (Wildman–Crippen MR) is 71.1 cm³/mol. The molecule has 0 aromatic carbocycles. The van der Waals surface area contributed by atoms with Crippen LogP contribution in [-0.4, -0.2) is 4.98 Å². The van der Waals surface area contributed by atoms with Gasteiger partial charge in [-0.05, 0) is 34.9 Å². The Kier molecular flexibility index (Phi) is 3.77. The summed E-state index contributed by atoms with van der Waals surface area (Å²) in [5, 5.41) is 0. The van der Waals surface area contributed by atoms with Gasteiger partial charge >= 0.3 is 0 Å². The van der Waals surface area contributed by atoms with Crippen molar-refractivity contribution in [2.75, 3.05) is 0 Å². The third kappa shape index (κ3) is 3.07. The molecule has 1 aromatic heterocycles. The van der Waals surface area contributed by atoms with Gasteiger partial charge in [-0.15, -0.1) is 0 Å². The maximum atomic E-state index is 4.75. The zero-order valence-corrected chi connectivity index (χ0v) is 11.8. The smallest absolute Gasteiger partial charge is 0.0435 e. The predicted octanol–water partition coefficient (Wildman–Crippen LogP) is 4.63. The van der Waals surface area contributed by atoms with Crippen LogP contribution < -0.4 is 0 Å². The van der Waals surface area contributed by atoms with Gasteiger partial charge in [0.2, 0.25) is 0 Å². The van der Waals surface area contributed by atoms with Crippen LogP contribution in [0.1, 0.15) is 77.3 Å². The van der Waals surface area contributed by atoms with Gasteiger partial charge in [-0.25, -0.2) is 0 Å². The maximum absolute atomic E-state index is 4.75. The van der Waals surface area contributed by atoms with E-state index in [9.17, 15) is 0 Å². The van der Waals surface area contributed by atoms with Crippen LogP contribution in [0.4, 0.5) is 0 Å². The van der Waals surface area contributed by atoms with Crippen LogP contribution in [0.15, 0.2) is 12.1 Å². The monoisotopic (exact) mass is 219 g/mol. The summed E-state index contributed by atoms with van der Waals surface area (Å²) in [5.41, 5.74) is 4.04. The fourth-order valence-corrected chi connectivity index (χ4v) is 1.60. The zero-order valence-electron chi connectivity index (χ0n) is 11.8. The Bertz CT molecular complexity index is 330. The van der Waals surface area contributed by atoms with E-state index in [1.54, 1.807) is 0 Å². The van der Waals surface area contributed by atoms with Crippen LogP contribution in [0, 0.1) is 0 Å². The summed E-state index contributed by atoms with van der Waals surface area (Å²) in [6.07, 6.45) is 0. The Morgan fingerprint density at radius 2 is 1.25 bits per heavy atom. The van der Waals surface area contributed by atoms with Crippen molar-refractivity contribution in [3.05, 3.63) is 29.1 Å². The SMILES string of the molecule is CC(C)c1cc(C(C)(C)C)cc(C(C)C)n1. The molecule has 0 bridgehead atoms. The van der Waals surface area contributed by atoms with Gasteiger partial charge in [0.25, 0.3) is 0 Å². The molecule has 0 atom stereocenters. The molecule has 0 fully saturated rings. The van der Waals surface area contributed by atoms with Crippen molar-refractivity contribution in [3.63, 3.8) is 0 Å². The first-order chi connectivity index (χ1) is 7.21. The molecule has 1 nitrogen and oxygen atoms in total. The lowest BCUT2D eigenvalue weighted by atomic mass is 9.85. The number of hydrogen-bond donors (Lipinski definition) is 0. The van der Waals surface area contributed by atoms with Gasteiger partial charge in [-0.3, -0.25) is 4.98 Å². The van der Waals surface area contributed by atoms with Crippen molar-refractivity contribution in [2.24, 2.45) is 0 Å². The van der Waals surface area contributed by atoms with Crippen molar-refractivity contribution >= 4 is 0 Å². The van der Waals surface area contributed by atoms with Crippen LogP contribution in [0.5, 0.6) is 0 Å². The summed E-state index contributed by atoms with van der Waals surface area (Å²) in [5.74, 6) is 1.000. The first kappa shape index (κ1) is 13.2. The summed E-state index contributed by atoms with van der Waals surface area (Å²) in [4.78, 5) is 4.75. The molecule has 1 rings (SSSR count). The van der Waals surface area contributed by atoms with Crippen LogP contribution >= 0.6 is 0 Å². The molecule has 0 aliphatic carbocycles. The van der Waals surface area contributed by atoms with Gasteiger partial charge in [-0.2, -0.15) is 0 Å². The van der Waals surface area contributed by atoms with Crippen molar-refractivity contribution in [1.82, 2.24) is 4.98 Å². The number of pyridine rings is 1. The summed E-state index contributed by atoms with van der Waals surface area (Å²) >= 11 is 0. The summed E-state index contributed by atoms with van der Waals surface area (Å²) in [6, 6.07) is 4.52. The Balaban J connectivity index is 3.30. The summed E-state index contributed by atoms with van der Waals surface area (Å²) < 4.78 is 0. The molecule has 0 saturated carbocycles. The van der Waals surface area contributed by atoms with Crippen molar-refractivity contribution in [3.8, 4) is 0 Å². The molecular weight excluding hydrogens is 194 g/mol. The maximum Gasteiger partial charge on any atom is 0.0435 e. The van der Waals surface area contributed by atoms with E-state index < -0.39 is 0 Å². The number of aromatic nitrogens is 1. The second kappa shape index (κ2) is 4.57. The minimum Gasteiger partial charge on any atom is -0.257 e. The molecule has 1 aromatic rings. The topological polar surface area (TPSA) is 12.9 Å². The molecule has 0 aliphatic heterocycles. The highest BCUT2D eigenvalue weighted by atomic mass is 14.7. The van der Waals surface area contributed by atoms with Gasteiger partial charge in [0.05, 0.1) is 0 Å². The van der Waals surface area contributed by atoms with Crippen LogP contribution in [0.3, 0.4) is 0 Å². The van der Waals surface area contributed by atoms with Gasteiger partial charge in [0.15, 0.2) is 0 Å². The van der Waals surface area contributed by atoms with E-state index in [1.807, 2.05) is 0 Å². The first-order valence-electron chi connectivity index (χ1n) is 6.24. The van der Waals surface area contributed by atoms with E-state index in [0.29, 0.717) is 11.8 Å². The average molecular weight is 219 g/mol. The average Bonchev–Trinajstić information content (AvgIpc) is 2.15. The molecule has 16 heavy (non-hydrogen) atoms. The minimum atomic E-state index is 0.205. The van der Waals surface area contributed by atoms with Crippen molar-refractivity contribution in [1.29, 1.82) is 0 Å². The molecule has 0 N–H and O–H groups in total. The Hall–Kier alpha value is -0.850. The lowest BCUT2D eigenvalue weighted by molar-refractivity contribution is 0.583. The molecule has 90 valence electrons. The highest BCUT2D eigenvalue weighted by Gasteiger charge is 2.17.